The van der Waals surface area contributed by atoms with Gasteiger partial charge in [-0.15, -0.1) is 0 Å². The van der Waals surface area contributed by atoms with Crippen molar-refractivity contribution in [1.82, 2.24) is 9.62 Å². The Morgan fingerprint density at radius 3 is 2.50 bits per heavy atom. The van der Waals surface area contributed by atoms with Gasteiger partial charge in [0.15, 0.2) is 11.5 Å². The predicted molar refractivity (Wildman–Crippen MR) is 119 cm³/mol. The Kier molecular flexibility index (Phi) is 7.28. The number of sulfonamides is 1. The fourth-order valence-electron chi connectivity index (χ4n) is 3.28. The van der Waals surface area contributed by atoms with Crippen LogP contribution in [0.2, 0.25) is 5.02 Å². The van der Waals surface area contributed by atoms with Gasteiger partial charge in [0.05, 0.1) is 30.6 Å². The van der Waals surface area contributed by atoms with Crippen molar-refractivity contribution in [3.8, 4) is 11.5 Å². The summed E-state index contributed by atoms with van der Waals surface area (Å²) in [5.74, 6) is 0.569. The Morgan fingerprint density at radius 2 is 1.83 bits per heavy atom. The van der Waals surface area contributed by atoms with E-state index >= 15 is 0 Å². The van der Waals surface area contributed by atoms with Crippen molar-refractivity contribution in [2.45, 2.75) is 13.0 Å². The van der Waals surface area contributed by atoms with E-state index in [1.54, 1.807) is 32.4 Å². The van der Waals surface area contributed by atoms with Crippen LogP contribution in [0.5, 0.6) is 11.5 Å². The number of nitrogens with zero attached hydrogens (tertiary/aromatic N) is 1. The number of nitrogens with one attached hydrogen (secondary N) is 1. The Balaban J connectivity index is 1.64. The highest BCUT2D eigenvalue weighted by Crippen LogP contribution is 2.33. The number of fused-ring (bicyclic) bond motifs is 1. The molecule has 10 heteroatoms. The normalized spacial score (nSPS) is 14.1. The predicted octanol–water partition coefficient (Wildman–Crippen LogP) is 3.24. The lowest BCUT2D eigenvalue weighted by Gasteiger charge is -2.29. The highest BCUT2D eigenvalue weighted by Gasteiger charge is 2.28. The molecule has 0 aromatic heterocycles. The summed E-state index contributed by atoms with van der Waals surface area (Å²) in [7, 11) is -0.441. The van der Waals surface area contributed by atoms with Crippen molar-refractivity contribution in [1.29, 1.82) is 0 Å². The van der Waals surface area contributed by atoms with Crippen LogP contribution in [0.3, 0.4) is 0 Å². The quantitative estimate of drug-likeness (QED) is 0.609. The minimum absolute atomic E-state index is 0.0146. The van der Waals surface area contributed by atoms with E-state index < -0.39 is 15.9 Å². The summed E-state index contributed by atoms with van der Waals surface area (Å²) in [6.07, 6.45) is 0.578. The summed E-state index contributed by atoms with van der Waals surface area (Å²) < 4.78 is 38.4. The molecule has 0 spiro atoms. The highest BCUT2D eigenvalue weighted by molar-refractivity contribution is 9.10. The first kappa shape index (κ1) is 22.9. The number of benzene rings is 2. The van der Waals surface area contributed by atoms with Gasteiger partial charge in [-0.25, -0.2) is 8.42 Å². The molecule has 1 aliphatic heterocycles. The molecular weight excluding hydrogens is 496 g/mol. The van der Waals surface area contributed by atoms with Crippen molar-refractivity contribution in [2.24, 2.45) is 0 Å². The molecule has 0 saturated heterocycles. The zero-order chi connectivity index (χ0) is 21.9. The molecule has 2 aromatic rings. The fourth-order valence-corrected chi connectivity index (χ4v) is 5.17. The van der Waals surface area contributed by atoms with Crippen LogP contribution in [0.25, 0.3) is 0 Å². The average molecular weight is 518 g/mol. The second-order valence-electron chi connectivity index (χ2n) is 6.76. The summed E-state index contributed by atoms with van der Waals surface area (Å²) in [6.45, 7) is 0.610. The molecule has 0 atom stereocenters. The summed E-state index contributed by atoms with van der Waals surface area (Å²) in [5, 5.41) is 2.93. The largest absolute Gasteiger partial charge is 0.493 e. The Hall–Kier alpha value is -1.81. The van der Waals surface area contributed by atoms with E-state index in [1.165, 1.54) is 4.31 Å². The third kappa shape index (κ3) is 5.08. The number of ether oxygens (including phenoxy) is 2. The molecule has 1 N–H and O–H groups in total. The van der Waals surface area contributed by atoms with E-state index in [4.69, 9.17) is 21.1 Å². The summed E-state index contributed by atoms with van der Waals surface area (Å²) >= 11 is 9.34. The molecule has 30 heavy (non-hydrogen) atoms. The first-order valence-electron chi connectivity index (χ1n) is 9.20. The summed E-state index contributed by atoms with van der Waals surface area (Å²) in [4.78, 5) is 12.3. The SMILES string of the molecule is COc1cc2c(cc1OC)CN(S(=O)(=O)CCNC(=O)c1cc(Br)ccc1Cl)CC2. The highest BCUT2D eigenvalue weighted by atomic mass is 79.9. The molecular formula is C20H22BrClN2O5S. The van der Waals surface area contributed by atoms with Crippen LogP contribution in [-0.2, 0) is 23.0 Å². The molecule has 0 radical (unpaired) electrons. The molecule has 162 valence electrons. The van der Waals surface area contributed by atoms with E-state index in [2.05, 4.69) is 21.2 Å². The molecule has 0 bridgehead atoms. The van der Waals surface area contributed by atoms with Crippen LogP contribution >= 0.6 is 27.5 Å². The fraction of sp³-hybridized carbons (Fsp3) is 0.350. The van der Waals surface area contributed by atoms with Gasteiger partial charge >= 0.3 is 0 Å². The first-order valence-corrected chi connectivity index (χ1v) is 12.0. The third-order valence-electron chi connectivity index (χ3n) is 4.90. The number of carbonyl (C=O) groups excluding carboxylic acids is 1. The van der Waals surface area contributed by atoms with Crippen LogP contribution in [0, 0.1) is 0 Å². The lowest BCUT2D eigenvalue weighted by atomic mass is 10.0. The summed E-state index contributed by atoms with van der Waals surface area (Å²) in [6, 6.07) is 8.62. The molecule has 0 unspecified atom stereocenters. The number of methoxy groups -OCH3 is 2. The van der Waals surface area contributed by atoms with Gasteiger partial charge < -0.3 is 14.8 Å². The van der Waals surface area contributed by atoms with Gasteiger partial charge in [-0.3, -0.25) is 4.79 Å². The molecule has 0 aliphatic carbocycles. The number of halogens is 2. The average Bonchev–Trinajstić information content (AvgIpc) is 2.73. The second kappa shape index (κ2) is 9.55. The van der Waals surface area contributed by atoms with Crippen LogP contribution < -0.4 is 14.8 Å². The van der Waals surface area contributed by atoms with Gasteiger partial charge in [-0.1, -0.05) is 27.5 Å². The van der Waals surface area contributed by atoms with Crippen molar-refractivity contribution in [3.05, 3.63) is 56.5 Å². The molecule has 0 saturated carbocycles. The van der Waals surface area contributed by atoms with E-state index in [-0.39, 0.29) is 24.4 Å². The molecule has 7 nitrogen and oxygen atoms in total. The van der Waals surface area contributed by atoms with E-state index in [0.29, 0.717) is 34.0 Å². The zero-order valence-corrected chi connectivity index (χ0v) is 19.7. The van der Waals surface area contributed by atoms with Crippen molar-refractivity contribution in [2.75, 3.05) is 33.1 Å². The van der Waals surface area contributed by atoms with Crippen molar-refractivity contribution >= 4 is 43.5 Å². The molecule has 3 rings (SSSR count). The minimum Gasteiger partial charge on any atom is -0.493 e. The zero-order valence-electron chi connectivity index (χ0n) is 16.6. The molecule has 1 amide bonds. The molecule has 0 fully saturated rings. The van der Waals surface area contributed by atoms with Gasteiger partial charge in [0.2, 0.25) is 10.0 Å². The van der Waals surface area contributed by atoms with Gasteiger partial charge in [0.1, 0.15) is 0 Å². The van der Waals surface area contributed by atoms with Crippen LogP contribution in [-0.4, -0.2) is 51.7 Å². The first-order chi connectivity index (χ1) is 14.2. The molecule has 1 aliphatic rings. The lowest BCUT2D eigenvalue weighted by molar-refractivity contribution is 0.0956. The van der Waals surface area contributed by atoms with Crippen LogP contribution in [0.1, 0.15) is 21.5 Å². The number of carbonyl (C=O) groups is 1. The van der Waals surface area contributed by atoms with Crippen LogP contribution in [0.4, 0.5) is 0 Å². The number of rotatable bonds is 7. The monoisotopic (exact) mass is 516 g/mol. The van der Waals surface area contributed by atoms with Crippen molar-refractivity contribution in [3.63, 3.8) is 0 Å². The lowest BCUT2D eigenvalue weighted by Crippen LogP contribution is -2.40. The van der Waals surface area contributed by atoms with Gasteiger partial charge in [0, 0.05) is 24.1 Å². The number of amides is 1. The summed E-state index contributed by atoms with van der Waals surface area (Å²) in [5.41, 5.74) is 2.21. The number of hydrogen-bond acceptors (Lipinski definition) is 5. The maximum atomic E-state index is 12.8. The minimum atomic E-state index is -3.55. The smallest absolute Gasteiger partial charge is 0.252 e. The Labute approximate surface area is 189 Å². The number of hydrogen-bond donors (Lipinski definition) is 1. The van der Waals surface area contributed by atoms with Gasteiger partial charge in [-0.2, -0.15) is 4.31 Å². The maximum absolute atomic E-state index is 12.8. The van der Waals surface area contributed by atoms with E-state index in [9.17, 15) is 13.2 Å². The van der Waals surface area contributed by atoms with Gasteiger partial charge in [-0.05, 0) is 47.9 Å². The Morgan fingerprint density at radius 1 is 1.17 bits per heavy atom. The third-order valence-corrected chi connectivity index (χ3v) is 7.54. The molecule has 1 heterocycles. The molecule has 2 aromatic carbocycles. The topological polar surface area (TPSA) is 84.9 Å². The van der Waals surface area contributed by atoms with Crippen molar-refractivity contribution < 1.29 is 22.7 Å². The van der Waals surface area contributed by atoms with Gasteiger partial charge in [0.25, 0.3) is 5.91 Å². The maximum Gasteiger partial charge on any atom is 0.252 e. The van der Waals surface area contributed by atoms with E-state index in [0.717, 1.165) is 11.1 Å². The standard InChI is InChI=1S/C20H22BrClN2O5S/c1-28-18-9-13-5-7-24(12-14(13)10-19(18)29-2)30(26,27)8-6-23-20(25)16-11-15(21)3-4-17(16)22/h3-4,9-11H,5-8,12H2,1-2H3,(H,23,25). The second-order valence-corrected chi connectivity index (χ2v) is 10.2. The Bertz CT molecular complexity index is 1060. The van der Waals surface area contributed by atoms with Crippen LogP contribution in [0.15, 0.2) is 34.8 Å². The van der Waals surface area contributed by atoms with E-state index in [1.807, 2.05) is 12.1 Å².